The summed E-state index contributed by atoms with van der Waals surface area (Å²) in [5, 5.41) is 6.84. The van der Waals surface area contributed by atoms with Crippen LogP contribution in [0.4, 0.5) is 0 Å². The van der Waals surface area contributed by atoms with E-state index in [4.69, 9.17) is 23.7 Å². The fourth-order valence-electron chi connectivity index (χ4n) is 4.50. The third-order valence-corrected chi connectivity index (χ3v) is 6.19. The lowest BCUT2D eigenvalue weighted by Crippen LogP contribution is -2.33. The van der Waals surface area contributed by atoms with Crippen LogP contribution in [-0.2, 0) is 0 Å². The van der Waals surface area contributed by atoms with Gasteiger partial charge in [-0.15, -0.1) is 0 Å². The average molecular weight is 466 g/mol. The highest BCUT2D eigenvalue weighted by Gasteiger charge is 2.42. The van der Waals surface area contributed by atoms with Gasteiger partial charge in [-0.05, 0) is 54.6 Å². The van der Waals surface area contributed by atoms with Gasteiger partial charge < -0.3 is 18.6 Å². The molecule has 174 valence electrons. The number of hydrogen-bond donors (Lipinski definition) is 0. The molecule has 2 aliphatic rings. The maximum Gasteiger partial charge on any atom is 0.343 e. The Kier molecular flexibility index (Phi) is 5.22. The second-order valence-corrected chi connectivity index (χ2v) is 8.30. The van der Waals surface area contributed by atoms with Crippen LogP contribution in [0.25, 0.3) is 0 Å². The summed E-state index contributed by atoms with van der Waals surface area (Å²) in [6.45, 7) is 0. The van der Waals surface area contributed by atoms with Gasteiger partial charge in [0.25, 0.3) is 0 Å². The zero-order chi connectivity index (χ0) is 23.8. The highest BCUT2D eigenvalue weighted by Crippen LogP contribution is 2.50. The number of nitrogens with zero attached hydrogens (tertiary/aromatic N) is 2. The molecule has 0 radical (unpaired) electrons. The van der Waals surface area contributed by atoms with Crippen LogP contribution in [0.15, 0.2) is 101 Å². The van der Waals surface area contributed by atoms with E-state index in [9.17, 15) is 4.79 Å². The lowest BCUT2D eigenvalue weighted by molar-refractivity contribution is -0.0209. The summed E-state index contributed by atoms with van der Waals surface area (Å²) in [5.41, 5.74) is 3.24. The molecular weight excluding hydrogens is 444 g/mol. The Morgan fingerprint density at radius 2 is 1.80 bits per heavy atom. The SMILES string of the molecule is COc1cccc2c1O[C@@H](c1ccc(OC(=O)c3ccccc3)cc1)N1N=C(c3ccco3)C[C@@H]21. The van der Waals surface area contributed by atoms with E-state index in [2.05, 4.69) is 0 Å². The quantitative estimate of drug-likeness (QED) is 0.275. The molecule has 0 amide bonds. The van der Waals surface area contributed by atoms with Crippen molar-refractivity contribution in [2.24, 2.45) is 5.10 Å². The van der Waals surface area contributed by atoms with Crippen molar-refractivity contribution in [3.05, 3.63) is 114 Å². The van der Waals surface area contributed by atoms with Crippen LogP contribution in [0.2, 0.25) is 0 Å². The van der Waals surface area contributed by atoms with Crippen molar-refractivity contribution >= 4 is 11.7 Å². The van der Waals surface area contributed by atoms with Crippen LogP contribution in [0.5, 0.6) is 17.2 Å². The molecule has 0 N–H and O–H groups in total. The highest BCUT2D eigenvalue weighted by atomic mass is 16.5. The first-order chi connectivity index (χ1) is 17.2. The number of esters is 1. The predicted octanol–water partition coefficient (Wildman–Crippen LogP) is 5.75. The molecule has 7 nitrogen and oxygen atoms in total. The summed E-state index contributed by atoms with van der Waals surface area (Å²) >= 11 is 0. The summed E-state index contributed by atoms with van der Waals surface area (Å²) in [4.78, 5) is 12.4. The van der Waals surface area contributed by atoms with Gasteiger partial charge in [0.05, 0.1) is 25.0 Å². The highest BCUT2D eigenvalue weighted by molar-refractivity contribution is 5.99. The molecule has 0 unspecified atom stereocenters. The van der Waals surface area contributed by atoms with Gasteiger partial charge in [-0.2, -0.15) is 5.10 Å². The van der Waals surface area contributed by atoms with Gasteiger partial charge in [0.2, 0.25) is 6.23 Å². The van der Waals surface area contributed by atoms with Gasteiger partial charge in [0.1, 0.15) is 17.2 Å². The third-order valence-electron chi connectivity index (χ3n) is 6.19. The maximum absolute atomic E-state index is 12.4. The molecule has 3 aromatic carbocycles. The molecule has 4 aromatic rings. The van der Waals surface area contributed by atoms with Crippen LogP contribution >= 0.6 is 0 Å². The number of hydrazone groups is 1. The summed E-state index contributed by atoms with van der Waals surface area (Å²) in [6.07, 6.45) is 1.84. The van der Waals surface area contributed by atoms with Crippen molar-refractivity contribution < 1.29 is 23.4 Å². The van der Waals surface area contributed by atoms with Crippen molar-refractivity contribution in [3.63, 3.8) is 0 Å². The summed E-state index contributed by atoms with van der Waals surface area (Å²) in [7, 11) is 1.63. The molecule has 0 aliphatic carbocycles. The van der Waals surface area contributed by atoms with Gasteiger partial charge >= 0.3 is 5.97 Å². The Morgan fingerprint density at radius 1 is 0.971 bits per heavy atom. The van der Waals surface area contributed by atoms with Crippen LogP contribution in [0.3, 0.4) is 0 Å². The van der Waals surface area contributed by atoms with Crippen molar-refractivity contribution in [1.82, 2.24) is 5.01 Å². The largest absolute Gasteiger partial charge is 0.493 e. The number of furan rings is 1. The Labute approximate surface area is 202 Å². The topological polar surface area (TPSA) is 73.5 Å². The molecule has 0 saturated carbocycles. The third kappa shape index (κ3) is 3.81. The van der Waals surface area contributed by atoms with E-state index < -0.39 is 12.2 Å². The molecule has 7 heteroatoms. The van der Waals surface area contributed by atoms with Gasteiger partial charge in [-0.25, -0.2) is 9.80 Å². The molecule has 3 heterocycles. The number of carbonyl (C=O) groups excluding carboxylic acids is 1. The first-order valence-corrected chi connectivity index (χ1v) is 11.3. The minimum Gasteiger partial charge on any atom is -0.493 e. The number of benzene rings is 3. The van der Waals surface area contributed by atoms with Gasteiger partial charge in [-0.3, -0.25) is 0 Å². The zero-order valence-electron chi connectivity index (χ0n) is 19.0. The summed E-state index contributed by atoms with van der Waals surface area (Å²) in [6, 6.07) is 25.8. The number of hydrogen-bond acceptors (Lipinski definition) is 7. The van der Waals surface area contributed by atoms with E-state index in [-0.39, 0.29) is 6.04 Å². The minimum atomic E-state index is -0.491. The molecule has 35 heavy (non-hydrogen) atoms. The molecule has 0 fully saturated rings. The van der Waals surface area contributed by atoms with E-state index in [1.807, 2.05) is 53.5 Å². The molecule has 6 rings (SSSR count). The maximum atomic E-state index is 12.4. The van der Waals surface area contributed by atoms with Crippen molar-refractivity contribution in [3.8, 4) is 17.2 Å². The van der Waals surface area contributed by atoms with Crippen LogP contribution in [0, 0.1) is 0 Å². The van der Waals surface area contributed by atoms with Gasteiger partial charge in [-0.1, -0.05) is 30.3 Å². The molecule has 1 aromatic heterocycles. The number of methoxy groups -OCH3 is 1. The standard InChI is InChI=1S/C28H22N2O5/c1-32-25-10-5-9-21-23-17-22(24-11-6-16-33-24)29-30(23)27(35-26(21)25)18-12-14-20(15-13-18)34-28(31)19-7-3-2-4-8-19/h2-16,23,27H,17H2,1H3/t23-,27-/m0/s1. The van der Waals surface area contributed by atoms with Crippen LogP contribution in [-0.4, -0.2) is 23.8 Å². The van der Waals surface area contributed by atoms with Crippen LogP contribution in [0.1, 0.15) is 45.9 Å². The minimum absolute atomic E-state index is 0.0328. The van der Waals surface area contributed by atoms with E-state index in [0.717, 1.165) is 22.6 Å². The monoisotopic (exact) mass is 466 g/mol. The van der Waals surface area contributed by atoms with E-state index in [1.165, 1.54) is 0 Å². The molecule has 0 saturated heterocycles. The molecule has 2 atom stereocenters. The average Bonchev–Trinajstić information content (AvgIpc) is 3.59. The number of fused-ring (bicyclic) bond motifs is 3. The number of para-hydroxylation sites is 1. The lowest BCUT2D eigenvalue weighted by Gasteiger charge is -2.38. The van der Waals surface area contributed by atoms with Crippen molar-refractivity contribution in [2.75, 3.05) is 7.11 Å². The predicted molar refractivity (Wildman–Crippen MR) is 129 cm³/mol. The van der Waals surface area contributed by atoms with Gasteiger partial charge in [0, 0.05) is 17.5 Å². The molecular formula is C28H22N2O5. The van der Waals surface area contributed by atoms with E-state index in [0.29, 0.717) is 29.2 Å². The first-order valence-electron chi connectivity index (χ1n) is 11.3. The second-order valence-electron chi connectivity index (χ2n) is 8.30. The Bertz CT molecular complexity index is 1380. The molecule has 2 aliphatic heterocycles. The fraction of sp³-hybridized carbons (Fsp3) is 0.143. The second kappa shape index (κ2) is 8.68. The first kappa shape index (κ1) is 21.0. The van der Waals surface area contributed by atoms with E-state index >= 15 is 0 Å². The lowest BCUT2D eigenvalue weighted by atomic mass is 9.97. The molecule has 0 spiro atoms. The Morgan fingerprint density at radius 3 is 2.54 bits per heavy atom. The van der Waals surface area contributed by atoms with Crippen molar-refractivity contribution in [2.45, 2.75) is 18.7 Å². The van der Waals surface area contributed by atoms with Crippen molar-refractivity contribution in [1.29, 1.82) is 0 Å². The smallest absolute Gasteiger partial charge is 0.343 e. The normalized spacial score (nSPS) is 18.2. The number of ether oxygens (including phenoxy) is 3. The Hall–Kier alpha value is -4.52. The van der Waals surface area contributed by atoms with E-state index in [1.54, 1.807) is 49.8 Å². The number of carbonyl (C=O) groups is 1. The molecule has 0 bridgehead atoms. The zero-order valence-corrected chi connectivity index (χ0v) is 19.0. The summed E-state index contributed by atoms with van der Waals surface area (Å²) < 4.78 is 23.2. The Balaban J connectivity index is 1.32. The fourth-order valence-corrected chi connectivity index (χ4v) is 4.50. The van der Waals surface area contributed by atoms with Crippen LogP contribution < -0.4 is 14.2 Å². The summed E-state index contributed by atoms with van der Waals surface area (Å²) in [5.74, 6) is 2.17. The number of rotatable bonds is 5. The van der Waals surface area contributed by atoms with Gasteiger partial charge in [0.15, 0.2) is 11.5 Å².